The molecule has 0 fully saturated rings. The number of esters is 1. The van der Waals surface area contributed by atoms with Crippen molar-refractivity contribution in [2.45, 2.75) is 13.1 Å². The Hall–Kier alpha value is -1.88. The molecule has 0 aromatic heterocycles. The lowest BCUT2D eigenvalue weighted by Crippen LogP contribution is -2.31. The quantitative estimate of drug-likeness (QED) is 0.655. The highest BCUT2D eigenvalue weighted by Crippen LogP contribution is 2.09. The van der Waals surface area contributed by atoms with Crippen LogP contribution in [0.1, 0.15) is 20.7 Å². The number of carbonyl (C=O) groups excluding carboxylic acids is 1. The first-order chi connectivity index (χ1) is 8.35. The third-order valence-electron chi connectivity index (χ3n) is 2.50. The molecule has 5 heteroatoms. The average Bonchev–Trinajstić information content (AvgIpc) is 2.36. The summed E-state index contributed by atoms with van der Waals surface area (Å²) < 4.78 is 5.19. The van der Waals surface area contributed by atoms with E-state index in [0.717, 1.165) is 0 Å². The van der Waals surface area contributed by atoms with E-state index < -0.39 is 20.0 Å². The van der Waals surface area contributed by atoms with Gasteiger partial charge in [-0.3, -0.25) is 0 Å². The predicted octanol–water partition coefficient (Wildman–Crippen LogP) is 2.51. The van der Waals surface area contributed by atoms with Gasteiger partial charge in [-0.2, -0.15) is 0 Å². The topological polar surface area (TPSA) is 63.6 Å². The van der Waals surface area contributed by atoms with Gasteiger partial charge in [-0.05, 0) is 24.3 Å². The zero-order valence-corrected chi connectivity index (χ0v) is 11.5. The van der Waals surface area contributed by atoms with Crippen LogP contribution in [-0.2, 0) is 4.74 Å². The van der Waals surface area contributed by atoms with Gasteiger partial charge < -0.3 is 9.84 Å². The van der Waals surface area contributed by atoms with Gasteiger partial charge in [0.05, 0.1) is 17.4 Å². The Kier molecular flexibility index (Phi) is 4.44. The number of carbonyl (C=O) groups is 2. The van der Waals surface area contributed by atoms with Gasteiger partial charge >= 0.3 is 11.9 Å². The van der Waals surface area contributed by atoms with Gasteiger partial charge in [0, 0.05) is 0 Å². The van der Waals surface area contributed by atoms with Crippen LogP contribution in [0.25, 0.3) is 0 Å². The van der Waals surface area contributed by atoms with Gasteiger partial charge in [0.15, 0.2) is 0 Å². The number of hydrogen-bond acceptors (Lipinski definition) is 3. The van der Waals surface area contributed by atoms with E-state index in [1.54, 1.807) is 0 Å². The molecule has 4 nitrogen and oxygen atoms in total. The van der Waals surface area contributed by atoms with Crippen LogP contribution in [0, 0.1) is 0 Å². The first-order valence-electron chi connectivity index (χ1n) is 5.50. The molecule has 0 aliphatic heterocycles. The molecule has 0 saturated carbocycles. The molecule has 1 rings (SSSR count). The van der Waals surface area contributed by atoms with Crippen LogP contribution in [0.15, 0.2) is 36.5 Å². The zero-order valence-electron chi connectivity index (χ0n) is 10.5. The maximum Gasteiger partial charge on any atom is 0.337 e. The van der Waals surface area contributed by atoms with Crippen molar-refractivity contribution in [3.8, 4) is 0 Å². The fourth-order valence-corrected chi connectivity index (χ4v) is 1.76. The van der Waals surface area contributed by atoms with Crippen molar-refractivity contribution < 1.29 is 19.4 Å². The Morgan fingerprint density at radius 1 is 1.28 bits per heavy atom. The second-order valence-electron chi connectivity index (χ2n) is 4.65. The predicted molar refractivity (Wildman–Crippen MR) is 71.4 cm³/mol. The number of rotatable bonds is 5. The summed E-state index contributed by atoms with van der Waals surface area (Å²) in [5.74, 6) is -1.45. The molecule has 0 heterocycles. The summed E-state index contributed by atoms with van der Waals surface area (Å²) in [7, 11) is -1.68. The smallest absolute Gasteiger partial charge is 0.337 e. The molecule has 0 spiro atoms. The Morgan fingerprint density at radius 2 is 1.78 bits per heavy atom. The molecule has 96 valence electrons. The summed E-state index contributed by atoms with van der Waals surface area (Å²) in [5.41, 5.74) is 2.36. The minimum Gasteiger partial charge on any atom is -0.478 e. The SMILES string of the molecule is C=C[Si](C)(C)COC(=O)c1ccc(C(=O)O)cc1. The lowest BCUT2D eigenvalue weighted by Gasteiger charge is -2.16. The fraction of sp³-hybridized carbons (Fsp3) is 0.231. The Morgan fingerprint density at radius 3 is 2.22 bits per heavy atom. The second-order valence-corrected chi connectivity index (χ2v) is 9.33. The van der Waals surface area contributed by atoms with Crippen molar-refractivity contribution in [3.05, 3.63) is 47.7 Å². The van der Waals surface area contributed by atoms with E-state index in [-0.39, 0.29) is 5.56 Å². The molecule has 0 atom stereocenters. The van der Waals surface area contributed by atoms with Crippen LogP contribution >= 0.6 is 0 Å². The molecule has 1 aromatic rings. The fourth-order valence-electron chi connectivity index (χ4n) is 1.14. The van der Waals surface area contributed by atoms with Gasteiger partial charge in [-0.15, -0.1) is 6.58 Å². The number of ether oxygens (including phenoxy) is 1. The summed E-state index contributed by atoms with van der Waals surface area (Å²) in [4.78, 5) is 22.4. The number of carboxylic acid groups (broad SMARTS) is 1. The average molecular weight is 264 g/mol. The van der Waals surface area contributed by atoms with Gasteiger partial charge in [0.25, 0.3) is 0 Å². The minimum atomic E-state index is -1.68. The van der Waals surface area contributed by atoms with E-state index in [2.05, 4.69) is 6.58 Å². The molecule has 0 aliphatic carbocycles. The van der Waals surface area contributed by atoms with Crippen LogP contribution in [0.4, 0.5) is 0 Å². The summed E-state index contributed by atoms with van der Waals surface area (Å²) in [6, 6.07) is 5.67. The molecular weight excluding hydrogens is 248 g/mol. The molecule has 1 N–H and O–H groups in total. The number of aromatic carboxylic acids is 1. The standard InChI is InChI=1S/C13H16O4Si/c1-4-18(2,3)9-17-13(16)11-7-5-10(6-8-11)12(14)15/h4-8H,1,9H2,2-3H3,(H,14,15). The van der Waals surface area contributed by atoms with Crippen molar-refractivity contribution in [2.24, 2.45) is 0 Å². The molecule has 0 aliphatic rings. The summed E-state index contributed by atoms with van der Waals surface area (Å²) in [6.07, 6.45) is 0.371. The maximum absolute atomic E-state index is 11.7. The van der Waals surface area contributed by atoms with Crippen molar-refractivity contribution in [2.75, 3.05) is 6.23 Å². The van der Waals surface area contributed by atoms with E-state index in [1.165, 1.54) is 24.3 Å². The van der Waals surface area contributed by atoms with Gasteiger partial charge in [0.1, 0.15) is 8.07 Å². The third-order valence-corrected chi connectivity index (χ3v) is 4.49. The van der Waals surface area contributed by atoms with Crippen LogP contribution in [-0.4, -0.2) is 31.3 Å². The highest BCUT2D eigenvalue weighted by molar-refractivity contribution is 6.82. The highest BCUT2D eigenvalue weighted by atomic mass is 28.3. The summed E-state index contributed by atoms with van der Waals surface area (Å²) in [5, 5.41) is 8.73. The van der Waals surface area contributed by atoms with E-state index >= 15 is 0 Å². The first-order valence-corrected chi connectivity index (χ1v) is 8.78. The lowest BCUT2D eigenvalue weighted by atomic mass is 10.1. The van der Waals surface area contributed by atoms with Crippen LogP contribution < -0.4 is 0 Å². The summed E-state index contributed by atoms with van der Waals surface area (Å²) in [6.45, 7) is 7.80. The van der Waals surface area contributed by atoms with E-state index in [0.29, 0.717) is 11.8 Å². The Bertz CT molecular complexity index is 462. The number of hydrogen-bond donors (Lipinski definition) is 1. The molecule has 1 aromatic carbocycles. The zero-order chi connectivity index (χ0) is 13.8. The lowest BCUT2D eigenvalue weighted by molar-refractivity contribution is 0.0564. The Labute approximate surface area is 107 Å². The van der Waals surface area contributed by atoms with E-state index in [1.807, 2.05) is 18.8 Å². The van der Waals surface area contributed by atoms with Crippen molar-refractivity contribution >= 4 is 20.0 Å². The molecule has 18 heavy (non-hydrogen) atoms. The maximum atomic E-state index is 11.7. The molecule has 0 saturated heterocycles. The molecule has 0 amide bonds. The molecule has 0 radical (unpaired) electrons. The second kappa shape index (κ2) is 5.64. The number of benzene rings is 1. The Balaban J connectivity index is 2.68. The minimum absolute atomic E-state index is 0.146. The van der Waals surface area contributed by atoms with Crippen molar-refractivity contribution in [1.82, 2.24) is 0 Å². The largest absolute Gasteiger partial charge is 0.478 e. The highest BCUT2D eigenvalue weighted by Gasteiger charge is 2.19. The molecule has 0 bridgehead atoms. The van der Waals surface area contributed by atoms with E-state index in [4.69, 9.17) is 9.84 Å². The van der Waals surface area contributed by atoms with E-state index in [9.17, 15) is 9.59 Å². The van der Waals surface area contributed by atoms with Crippen LogP contribution in [0.5, 0.6) is 0 Å². The molecule has 0 unspecified atom stereocenters. The van der Waals surface area contributed by atoms with Crippen molar-refractivity contribution in [1.29, 1.82) is 0 Å². The van der Waals surface area contributed by atoms with Crippen molar-refractivity contribution in [3.63, 3.8) is 0 Å². The molecular formula is C13H16O4Si. The van der Waals surface area contributed by atoms with Crippen LogP contribution in [0.2, 0.25) is 13.1 Å². The van der Waals surface area contributed by atoms with Crippen LogP contribution in [0.3, 0.4) is 0 Å². The number of carboxylic acids is 1. The summed E-state index contributed by atoms with van der Waals surface area (Å²) >= 11 is 0. The van der Waals surface area contributed by atoms with Gasteiger partial charge in [0.2, 0.25) is 0 Å². The first kappa shape index (κ1) is 14.2. The normalized spacial score (nSPS) is 10.8. The third kappa shape index (κ3) is 3.85. The van der Waals surface area contributed by atoms with Gasteiger partial charge in [-0.25, -0.2) is 9.59 Å². The monoisotopic (exact) mass is 264 g/mol. The van der Waals surface area contributed by atoms with Gasteiger partial charge in [-0.1, -0.05) is 18.8 Å².